The fourth-order valence-electron chi connectivity index (χ4n) is 5.00. The van der Waals surface area contributed by atoms with E-state index in [0.717, 1.165) is 0 Å². The Labute approximate surface area is 302 Å². The Bertz CT molecular complexity index is 1530. The van der Waals surface area contributed by atoms with Crippen LogP contribution in [0.5, 0.6) is 5.75 Å². The van der Waals surface area contributed by atoms with Crippen LogP contribution in [0.25, 0.3) is 0 Å². The van der Waals surface area contributed by atoms with Gasteiger partial charge in [-0.2, -0.15) is 0 Å². The zero-order chi connectivity index (χ0) is 38.8. The number of phenolic OH excluding ortho intramolecular Hbond substituents is 1. The van der Waals surface area contributed by atoms with Crippen molar-refractivity contribution in [1.29, 1.82) is 0 Å². The molecule has 0 fully saturated rings. The van der Waals surface area contributed by atoms with Gasteiger partial charge in [0.2, 0.25) is 29.5 Å². The second-order valence-corrected chi connectivity index (χ2v) is 12.8. The summed E-state index contributed by atoms with van der Waals surface area (Å²) in [7, 11) is 0. The fourth-order valence-corrected chi connectivity index (χ4v) is 5.00. The summed E-state index contributed by atoms with van der Waals surface area (Å²) in [6.07, 6.45) is 0.679. The van der Waals surface area contributed by atoms with Crippen LogP contribution in [0.4, 0.5) is 0 Å². The molecular formula is C35H51N9O8. The number of nitrogens with zero attached hydrogens (tertiary/aromatic N) is 1. The zero-order valence-corrected chi connectivity index (χ0v) is 29.6. The van der Waals surface area contributed by atoms with E-state index in [0.29, 0.717) is 11.1 Å². The number of aliphatic imine (C=N–C) groups is 1. The van der Waals surface area contributed by atoms with Crippen molar-refractivity contribution in [3.63, 3.8) is 0 Å². The number of amides is 5. The number of carbonyl (C=O) groups excluding carboxylic acids is 5. The summed E-state index contributed by atoms with van der Waals surface area (Å²) in [6.45, 7) is 4.71. The van der Waals surface area contributed by atoms with Crippen molar-refractivity contribution < 1.29 is 39.0 Å². The van der Waals surface area contributed by atoms with Crippen LogP contribution in [0.15, 0.2) is 59.6 Å². The van der Waals surface area contributed by atoms with Crippen molar-refractivity contribution in [3.05, 3.63) is 65.7 Å². The van der Waals surface area contributed by atoms with Crippen LogP contribution < -0.4 is 43.8 Å². The van der Waals surface area contributed by atoms with E-state index < -0.39 is 72.3 Å². The number of hydrogen-bond donors (Lipinski definition) is 10. The average molecular weight is 726 g/mol. The molecule has 17 heteroatoms. The van der Waals surface area contributed by atoms with E-state index in [1.165, 1.54) is 19.1 Å². The summed E-state index contributed by atoms with van der Waals surface area (Å²) in [4.78, 5) is 80.9. The molecule has 0 aromatic heterocycles. The van der Waals surface area contributed by atoms with E-state index in [9.17, 15) is 39.0 Å². The van der Waals surface area contributed by atoms with Gasteiger partial charge in [0, 0.05) is 13.0 Å². The third kappa shape index (κ3) is 15.9. The highest BCUT2D eigenvalue weighted by Gasteiger charge is 2.30. The van der Waals surface area contributed by atoms with Crippen LogP contribution in [-0.4, -0.2) is 95.0 Å². The van der Waals surface area contributed by atoms with E-state index in [4.69, 9.17) is 17.2 Å². The number of nitrogens with one attached hydrogen (secondary N) is 5. The summed E-state index contributed by atoms with van der Waals surface area (Å²) in [5.41, 5.74) is 18.0. The number of phenols is 1. The molecule has 0 aliphatic heterocycles. The van der Waals surface area contributed by atoms with Gasteiger partial charge in [0.25, 0.3) is 0 Å². The van der Waals surface area contributed by atoms with Crippen molar-refractivity contribution in [2.75, 3.05) is 13.1 Å². The second kappa shape index (κ2) is 21.5. The molecule has 0 saturated heterocycles. The fraction of sp³-hybridized carbons (Fsp3) is 0.457. The number of aromatic hydroxyl groups is 1. The lowest BCUT2D eigenvalue weighted by molar-refractivity contribution is -0.142. The maximum atomic E-state index is 13.6. The van der Waals surface area contributed by atoms with E-state index in [1.807, 2.05) is 13.8 Å². The standard InChI is InChI=1S/C35H51N9O8/c1-20(2)16-27(32(49)43-26(34(51)52)10-7-15-39-35(37)38)44-33(50)28(18-22-8-5-4-6-9-22)42-29(46)19-40-30(47)21(3)41-31(48)25(36)17-23-11-13-24(45)14-12-23/h4-6,8-9,11-14,20-21,25-28,45H,7,10,15-19,36H2,1-3H3,(H,40,47)(H,41,48)(H,42,46)(H,43,49)(H,44,50)(H,51,52)(H4,37,38,39)/t21-,25-,26+,27+,28+/m0/s1. The van der Waals surface area contributed by atoms with Gasteiger partial charge in [0.05, 0.1) is 12.6 Å². The lowest BCUT2D eigenvalue weighted by Crippen LogP contribution is -2.57. The molecule has 0 aliphatic rings. The molecule has 2 aromatic carbocycles. The first-order chi connectivity index (χ1) is 24.5. The SMILES string of the molecule is CC(C)C[C@@H](NC(=O)[C@@H](Cc1ccccc1)NC(=O)CNC(=O)[C@H](C)NC(=O)[C@@H](N)Cc1ccc(O)cc1)C(=O)N[C@H](CCCN=C(N)N)C(=O)O. The van der Waals surface area contributed by atoms with Crippen molar-refractivity contribution in [2.45, 2.75) is 83.1 Å². The topological polar surface area (TPSA) is 293 Å². The first-order valence-electron chi connectivity index (χ1n) is 16.9. The number of hydrogen-bond acceptors (Lipinski definition) is 9. The number of carboxylic acid groups (broad SMARTS) is 1. The number of carboxylic acids is 1. The van der Waals surface area contributed by atoms with E-state index in [2.05, 4.69) is 31.6 Å². The smallest absolute Gasteiger partial charge is 0.326 e. The zero-order valence-electron chi connectivity index (χ0n) is 29.6. The number of benzene rings is 2. The van der Waals surface area contributed by atoms with Crippen LogP contribution in [-0.2, 0) is 41.6 Å². The van der Waals surface area contributed by atoms with Gasteiger partial charge in [0.15, 0.2) is 5.96 Å². The molecule has 2 aromatic rings. The maximum Gasteiger partial charge on any atom is 0.326 e. The molecule has 0 spiro atoms. The lowest BCUT2D eigenvalue weighted by atomic mass is 10.0. The molecule has 284 valence electrons. The quantitative estimate of drug-likeness (QED) is 0.0413. The second-order valence-electron chi connectivity index (χ2n) is 12.8. The molecule has 2 rings (SSSR count). The Morgan fingerprint density at radius 3 is 1.92 bits per heavy atom. The average Bonchev–Trinajstić information content (AvgIpc) is 3.08. The van der Waals surface area contributed by atoms with Gasteiger partial charge < -0.3 is 54.0 Å². The highest BCUT2D eigenvalue weighted by Crippen LogP contribution is 2.12. The van der Waals surface area contributed by atoms with Crippen molar-refractivity contribution in [3.8, 4) is 5.75 Å². The predicted octanol–water partition coefficient (Wildman–Crippen LogP) is -1.24. The summed E-state index contributed by atoms with van der Waals surface area (Å²) in [6, 6.07) is 9.37. The third-order valence-corrected chi connectivity index (χ3v) is 7.74. The van der Waals surface area contributed by atoms with Crippen molar-refractivity contribution in [1.82, 2.24) is 26.6 Å². The Morgan fingerprint density at radius 2 is 1.33 bits per heavy atom. The van der Waals surface area contributed by atoms with E-state index in [-0.39, 0.29) is 56.3 Å². The minimum Gasteiger partial charge on any atom is -0.508 e. The lowest BCUT2D eigenvalue weighted by Gasteiger charge is -2.26. The molecule has 52 heavy (non-hydrogen) atoms. The van der Waals surface area contributed by atoms with Gasteiger partial charge in [-0.15, -0.1) is 0 Å². The van der Waals surface area contributed by atoms with Gasteiger partial charge in [0.1, 0.15) is 29.9 Å². The first-order valence-corrected chi connectivity index (χ1v) is 16.9. The monoisotopic (exact) mass is 725 g/mol. The van der Waals surface area contributed by atoms with Gasteiger partial charge in [-0.3, -0.25) is 29.0 Å². The summed E-state index contributed by atoms with van der Waals surface area (Å²) < 4.78 is 0. The minimum absolute atomic E-state index is 0.0352. The summed E-state index contributed by atoms with van der Waals surface area (Å²) in [5, 5.41) is 31.8. The van der Waals surface area contributed by atoms with Crippen LogP contribution >= 0.6 is 0 Å². The first kappa shape index (κ1) is 42.5. The van der Waals surface area contributed by atoms with Crippen LogP contribution in [0.1, 0.15) is 51.2 Å². The molecule has 0 heterocycles. The number of carbonyl (C=O) groups is 6. The van der Waals surface area contributed by atoms with Crippen molar-refractivity contribution in [2.24, 2.45) is 28.1 Å². The Balaban J connectivity index is 2.06. The minimum atomic E-state index is -1.27. The maximum absolute atomic E-state index is 13.6. The Hall–Kier alpha value is -5.71. The molecule has 0 bridgehead atoms. The van der Waals surface area contributed by atoms with E-state index in [1.54, 1.807) is 42.5 Å². The van der Waals surface area contributed by atoms with E-state index >= 15 is 0 Å². The van der Waals surface area contributed by atoms with Crippen molar-refractivity contribution >= 4 is 41.5 Å². The van der Waals surface area contributed by atoms with Gasteiger partial charge >= 0.3 is 5.97 Å². The van der Waals surface area contributed by atoms with Gasteiger partial charge in [-0.25, -0.2) is 4.79 Å². The Morgan fingerprint density at radius 1 is 0.731 bits per heavy atom. The summed E-state index contributed by atoms with van der Waals surface area (Å²) >= 11 is 0. The number of guanidine groups is 1. The highest BCUT2D eigenvalue weighted by molar-refractivity contribution is 5.95. The summed E-state index contributed by atoms with van der Waals surface area (Å²) in [5.74, 6) is -4.83. The van der Waals surface area contributed by atoms with Crippen LogP contribution in [0, 0.1) is 5.92 Å². The number of aliphatic carboxylic acids is 1. The molecule has 0 radical (unpaired) electrons. The Kier molecular flexibility index (Phi) is 17.5. The molecule has 17 nitrogen and oxygen atoms in total. The molecular weight excluding hydrogens is 674 g/mol. The molecule has 13 N–H and O–H groups in total. The molecule has 0 unspecified atom stereocenters. The molecule has 0 saturated carbocycles. The molecule has 5 atom stereocenters. The highest BCUT2D eigenvalue weighted by atomic mass is 16.4. The molecule has 0 aliphatic carbocycles. The number of rotatable bonds is 21. The largest absolute Gasteiger partial charge is 0.508 e. The normalized spacial score (nSPS) is 13.7. The third-order valence-electron chi connectivity index (χ3n) is 7.74. The number of nitrogens with two attached hydrogens (primary N) is 3. The van der Waals surface area contributed by atoms with Crippen LogP contribution in [0.2, 0.25) is 0 Å². The van der Waals surface area contributed by atoms with Gasteiger partial charge in [-0.1, -0.05) is 56.3 Å². The molecule has 5 amide bonds. The van der Waals surface area contributed by atoms with Gasteiger partial charge in [-0.05, 0) is 61.8 Å². The predicted molar refractivity (Wildman–Crippen MR) is 193 cm³/mol. The van der Waals surface area contributed by atoms with Crippen LogP contribution in [0.3, 0.4) is 0 Å².